The third-order valence-corrected chi connectivity index (χ3v) is 4.13. The van der Waals surface area contributed by atoms with E-state index in [2.05, 4.69) is 28.0 Å². The molecule has 4 aromatic rings. The van der Waals surface area contributed by atoms with E-state index < -0.39 is 5.97 Å². The van der Waals surface area contributed by atoms with Crippen molar-refractivity contribution in [2.45, 2.75) is 0 Å². The molecule has 1 heterocycles. The number of fused-ring (bicyclic) bond motifs is 2. The number of carboxylic acids is 1. The standard InChI is InChI=1S/C20H15N3O2/c24-20(25)13-9-11-14(12-10-13)22-23-19-15-5-1-3-7-17(15)21-18-8-4-2-6-16(18)19/h1-12,22H,(H,21,23)(H,24,25)/p+1. The highest BCUT2D eigenvalue weighted by Gasteiger charge is 2.13. The van der Waals surface area contributed by atoms with Gasteiger partial charge in [0.2, 0.25) is 11.0 Å². The van der Waals surface area contributed by atoms with Gasteiger partial charge in [-0.2, -0.15) is 0 Å². The quantitative estimate of drug-likeness (QED) is 0.391. The molecule has 0 aliphatic heterocycles. The molecule has 0 amide bonds. The first-order valence-corrected chi connectivity index (χ1v) is 7.90. The van der Waals surface area contributed by atoms with Gasteiger partial charge in [-0.05, 0) is 36.4 Å². The van der Waals surface area contributed by atoms with Crippen LogP contribution in [0.25, 0.3) is 21.8 Å². The number of carbonyl (C=O) groups is 1. The fraction of sp³-hybridized carbons (Fsp3) is 0. The Balaban J connectivity index is 1.73. The monoisotopic (exact) mass is 330 g/mol. The molecular weight excluding hydrogens is 314 g/mol. The van der Waals surface area contributed by atoms with E-state index in [-0.39, 0.29) is 5.56 Å². The van der Waals surface area contributed by atoms with Crippen molar-refractivity contribution in [1.29, 1.82) is 0 Å². The van der Waals surface area contributed by atoms with E-state index in [0.717, 1.165) is 33.2 Å². The van der Waals surface area contributed by atoms with Crippen LogP contribution in [0, 0.1) is 0 Å². The van der Waals surface area contributed by atoms with Gasteiger partial charge in [-0.15, -0.1) is 0 Å². The summed E-state index contributed by atoms with van der Waals surface area (Å²) in [6, 6.07) is 22.8. The number of hydrogen-bond acceptors (Lipinski definition) is 3. The summed E-state index contributed by atoms with van der Waals surface area (Å²) in [4.78, 5) is 14.4. The summed E-state index contributed by atoms with van der Waals surface area (Å²) in [5.41, 5.74) is 10.5. The number of benzene rings is 3. The molecule has 5 heteroatoms. The van der Waals surface area contributed by atoms with Gasteiger partial charge in [0.25, 0.3) is 0 Å². The first kappa shape index (κ1) is 15.0. The lowest BCUT2D eigenvalue weighted by atomic mass is 10.1. The smallest absolute Gasteiger partial charge is 0.335 e. The number of nitrogens with one attached hydrogen (secondary N) is 3. The zero-order valence-corrected chi connectivity index (χ0v) is 13.3. The summed E-state index contributed by atoms with van der Waals surface area (Å²) in [5, 5.41) is 11.1. The Morgan fingerprint density at radius 2 is 1.32 bits per heavy atom. The minimum absolute atomic E-state index is 0.260. The van der Waals surface area contributed by atoms with Crippen molar-refractivity contribution < 1.29 is 14.9 Å². The molecule has 0 fully saturated rings. The van der Waals surface area contributed by atoms with Gasteiger partial charge in [-0.25, -0.2) is 9.78 Å². The molecule has 0 saturated carbocycles. The van der Waals surface area contributed by atoms with Crippen molar-refractivity contribution in [2.75, 3.05) is 10.9 Å². The number of pyridine rings is 1. The molecule has 1 aromatic heterocycles. The van der Waals surface area contributed by atoms with Gasteiger partial charge in [0, 0.05) is 12.1 Å². The molecule has 0 aliphatic rings. The Bertz CT molecular complexity index is 1020. The van der Waals surface area contributed by atoms with Gasteiger partial charge < -0.3 is 10.5 Å². The number of para-hydroxylation sites is 2. The van der Waals surface area contributed by atoms with Gasteiger partial charge in [0.15, 0.2) is 0 Å². The van der Waals surface area contributed by atoms with E-state index in [9.17, 15) is 4.79 Å². The summed E-state index contributed by atoms with van der Waals surface area (Å²) in [7, 11) is 0. The third-order valence-electron chi connectivity index (χ3n) is 4.13. The molecule has 0 unspecified atom stereocenters. The lowest BCUT2D eigenvalue weighted by Crippen LogP contribution is -2.13. The van der Waals surface area contributed by atoms with E-state index in [4.69, 9.17) is 5.11 Å². The zero-order chi connectivity index (χ0) is 17.2. The van der Waals surface area contributed by atoms with E-state index in [1.807, 2.05) is 36.4 Å². The van der Waals surface area contributed by atoms with Crippen LogP contribution in [0.4, 0.5) is 11.4 Å². The molecule has 0 spiro atoms. The number of hydrogen-bond donors (Lipinski definition) is 3. The van der Waals surface area contributed by atoms with Crippen LogP contribution in [-0.2, 0) is 0 Å². The SMILES string of the molecule is O=C(O)c1ccc(NNc2c3ccccc3[nH+]c3ccccc23)cc1. The summed E-state index contributed by atoms with van der Waals surface area (Å²) in [6.45, 7) is 0. The first-order valence-electron chi connectivity index (χ1n) is 7.90. The van der Waals surface area contributed by atoms with Crippen LogP contribution in [0.1, 0.15) is 10.4 Å². The molecule has 0 radical (unpaired) electrons. The number of rotatable bonds is 4. The normalized spacial score (nSPS) is 10.7. The molecule has 25 heavy (non-hydrogen) atoms. The van der Waals surface area contributed by atoms with E-state index in [0.29, 0.717) is 0 Å². The lowest BCUT2D eigenvalue weighted by molar-refractivity contribution is -0.310. The van der Waals surface area contributed by atoms with E-state index in [1.54, 1.807) is 24.3 Å². The number of carboxylic acid groups (broad SMARTS) is 1. The largest absolute Gasteiger partial charge is 0.478 e. The summed E-state index contributed by atoms with van der Waals surface area (Å²) < 4.78 is 0. The Morgan fingerprint density at radius 3 is 1.88 bits per heavy atom. The van der Waals surface area contributed by atoms with E-state index in [1.165, 1.54) is 0 Å². The van der Waals surface area contributed by atoms with Crippen molar-refractivity contribution in [1.82, 2.24) is 0 Å². The zero-order valence-electron chi connectivity index (χ0n) is 13.3. The average molecular weight is 330 g/mol. The predicted octanol–water partition coefficient (Wildman–Crippen LogP) is 3.94. The third kappa shape index (κ3) is 2.83. The first-order chi connectivity index (χ1) is 12.2. The van der Waals surface area contributed by atoms with E-state index >= 15 is 0 Å². The molecule has 0 aliphatic carbocycles. The van der Waals surface area contributed by atoms with Gasteiger partial charge >= 0.3 is 5.97 Å². The molecule has 0 saturated heterocycles. The Morgan fingerprint density at radius 1 is 0.760 bits per heavy atom. The number of anilines is 2. The van der Waals surface area contributed by atoms with Crippen LogP contribution in [0.2, 0.25) is 0 Å². The fourth-order valence-electron chi connectivity index (χ4n) is 2.88. The topological polar surface area (TPSA) is 75.5 Å². The minimum Gasteiger partial charge on any atom is -0.478 e. The van der Waals surface area contributed by atoms with Gasteiger partial charge in [0.1, 0.15) is 0 Å². The van der Waals surface area contributed by atoms with Crippen LogP contribution in [0.15, 0.2) is 72.8 Å². The molecule has 4 rings (SSSR count). The Hall–Kier alpha value is -3.60. The number of hydrazine groups is 1. The number of aromatic amines is 1. The van der Waals surface area contributed by atoms with Crippen molar-refractivity contribution in [2.24, 2.45) is 0 Å². The number of H-pyrrole nitrogens is 1. The van der Waals surface area contributed by atoms with Crippen LogP contribution in [0.5, 0.6) is 0 Å². The highest BCUT2D eigenvalue weighted by atomic mass is 16.4. The van der Waals surface area contributed by atoms with Gasteiger partial charge in [0.05, 0.1) is 27.7 Å². The Kier molecular flexibility index (Phi) is 3.67. The second-order valence-electron chi connectivity index (χ2n) is 5.72. The molecule has 5 nitrogen and oxygen atoms in total. The minimum atomic E-state index is -0.935. The number of aromatic carboxylic acids is 1. The molecule has 4 N–H and O–H groups in total. The average Bonchev–Trinajstić information content (AvgIpc) is 2.65. The maximum Gasteiger partial charge on any atom is 0.335 e. The maximum absolute atomic E-state index is 10.9. The summed E-state index contributed by atoms with van der Waals surface area (Å²) >= 11 is 0. The van der Waals surface area contributed by atoms with Crippen LogP contribution in [-0.4, -0.2) is 11.1 Å². The highest BCUT2D eigenvalue weighted by molar-refractivity contribution is 6.04. The van der Waals surface area contributed by atoms with Crippen molar-refractivity contribution in [3.63, 3.8) is 0 Å². The summed E-state index contributed by atoms with van der Waals surface area (Å²) in [5.74, 6) is -0.935. The lowest BCUT2D eigenvalue weighted by Gasteiger charge is -2.13. The van der Waals surface area contributed by atoms with Crippen LogP contribution >= 0.6 is 0 Å². The highest BCUT2D eigenvalue weighted by Crippen LogP contribution is 2.28. The molecule has 122 valence electrons. The molecule has 0 atom stereocenters. The summed E-state index contributed by atoms with van der Waals surface area (Å²) in [6.07, 6.45) is 0. The predicted molar refractivity (Wildman–Crippen MR) is 98.7 cm³/mol. The molecule has 0 bridgehead atoms. The maximum atomic E-state index is 10.9. The second kappa shape index (κ2) is 6.13. The van der Waals surface area contributed by atoms with Gasteiger partial charge in [-0.3, -0.25) is 5.43 Å². The Labute approximate surface area is 143 Å². The van der Waals surface area contributed by atoms with Crippen LogP contribution in [0.3, 0.4) is 0 Å². The van der Waals surface area contributed by atoms with Gasteiger partial charge in [-0.1, -0.05) is 24.3 Å². The van der Waals surface area contributed by atoms with Crippen LogP contribution < -0.4 is 15.8 Å². The number of aromatic nitrogens is 1. The van der Waals surface area contributed by atoms with Crippen molar-refractivity contribution in [3.8, 4) is 0 Å². The second-order valence-corrected chi connectivity index (χ2v) is 5.72. The van der Waals surface area contributed by atoms with Crippen molar-refractivity contribution in [3.05, 3.63) is 78.4 Å². The fourth-order valence-corrected chi connectivity index (χ4v) is 2.88. The van der Waals surface area contributed by atoms with Crippen molar-refractivity contribution >= 4 is 39.1 Å². The molecular formula is C20H16N3O2+. The molecule has 3 aromatic carbocycles.